The normalized spacial score (nSPS) is 13.8. The highest BCUT2D eigenvalue weighted by atomic mass is 32.2. The van der Waals surface area contributed by atoms with E-state index in [0.29, 0.717) is 12.3 Å². The molecule has 3 nitrogen and oxygen atoms in total. The molecule has 17 heavy (non-hydrogen) atoms. The third kappa shape index (κ3) is 8.50. The van der Waals surface area contributed by atoms with Crippen molar-refractivity contribution in [2.45, 2.75) is 58.3 Å². The molecular weight excluding hydrogens is 234 g/mol. The SMILES string of the molecule is CCC(CC)C(O)CNC(=O)CSC(C)(C)C. The molecule has 0 saturated heterocycles. The highest BCUT2D eigenvalue weighted by Gasteiger charge is 2.17. The van der Waals surface area contributed by atoms with Gasteiger partial charge in [0, 0.05) is 11.3 Å². The van der Waals surface area contributed by atoms with Crippen LogP contribution in [-0.2, 0) is 4.79 Å². The molecule has 1 atom stereocenters. The van der Waals surface area contributed by atoms with Gasteiger partial charge in [0.05, 0.1) is 11.9 Å². The zero-order valence-corrected chi connectivity index (χ0v) is 12.6. The third-order valence-corrected chi connectivity index (χ3v) is 4.01. The number of hydrogen-bond acceptors (Lipinski definition) is 3. The molecule has 0 spiro atoms. The molecule has 0 rings (SSSR count). The first-order valence-electron chi connectivity index (χ1n) is 6.38. The Morgan fingerprint density at radius 1 is 1.29 bits per heavy atom. The lowest BCUT2D eigenvalue weighted by Crippen LogP contribution is -2.37. The van der Waals surface area contributed by atoms with Gasteiger partial charge in [-0.1, -0.05) is 47.5 Å². The molecule has 0 aliphatic carbocycles. The summed E-state index contributed by atoms with van der Waals surface area (Å²) in [7, 11) is 0. The van der Waals surface area contributed by atoms with Crippen LogP contribution in [0.15, 0.2) is 0 Å². The molecule has 0 bridgehead atoms. The summed E-state index contributed by atoms with van der Waals surface area (Å²) < 4.78 is 0.103. The van der Waals surface area contributed by atoms with E-state index in [2.05, 4.69) is 39.9 Å². The lowest BCUT2D eigenvalue weighted by molar-refractivity contribution is -0.119. The summed E-state index contributed by atoms with van der Waals surface area (Å²) in [5, 5.41) is 12.7. The van der Waals surface area contributed by atoms with Crippen molar-refractivity contribution >= 4 is 17.7 Å². The second kappa shape index (κ2) is 7.98. The lowest BCUT2D eigenvalue weighted by atomic mass is 9.97. The summed E-state index contributed by atoms with van der Waals surface area (Å²) in [5.74, 6) is 0.750. The molecule has 4 heteroatoms. The highest BCUT2D eigenvalue weighted by molar-refractivity contribution is 8.01. The summed E-state index contributed by atoms with van der Waals surface area (Å²) in [6.07, 6.45) is 1.47. The van der Waals surface area contributed by atoms with E-state index < -0.39 is 6.10 Å². The maximum atomic E-state index is 11.6. The summed E-state index contributed by atoms with van der Waals surface area (Å²) >= 11 is 1.62. The summed E-state index contributed by atoms with van der Waals surface area (Å²) in [4.78, 5) is 11.6. The number of carbonyl (C=O) groups is 1. The Morgan fingerprint density at radius 3 is 2.24 bits per heavy atom. The second-order valence-corrected chi connectivity index (χ2v) is 7.15. The van der Waals surface area contributed by atoms with Crippen LogP contribution in [0.4, 0.5) is 0 Å². The van der Waals surface area contributed by atoms with Gasteiger partial charge in [0.15, 0.2) is 0 Å². The van der Waals surface area contributed by atoms with Gasteiger partial charge in [-0.25, -0.2) is 0 Å². The number of aliphatic hydroxyl groups is 1. The van der Waals surface area contributed by atoms with Gasteiger partial charge < -0.3 is 10.4 Å². The van der Waals surface area contributed by atoms with Crippen LogP contribution in [0, 0.1) is 5.92 Å². The number of nitrogens with one attached hydrogen (secondary N) is 1. The molecule has 2 N–H and O–H groups in total. The molecule has 0 fully saturated rings. The van der Waals surface area contributed by atoms with Crippen molar-refractivity contribution in [3.8, 4) is 0 Å². The number of aliphatic hydroxyl groups excluding tert-OH is 1. The van der Waals surface area contributed by atoms with E-state index in [-0.39, 0.29) is 16.6 Å². The Labute approximate surface area is 110 Å². The molecule has 0 aromatic heterocycles. The zero-order valence-electron chi connectivity index (χ0n) is 11.7. The molecular formula is C13H27NO2S. The first-order valence-corrected chi connectivity index (χ1v) is 7.37. The molecule has 0 aromatic carbocycles. The third-order valence-electron chi connectivity index (χ3n) is 2.74. The van der Waals surface area contributed by atoms with Crippen LogP contribution in [0.2, 0.25) is 0 Å². The quantitative estimate of drug-likeness (QED) is 0.740. The van der Waals surface area contributed by atoms with Crippen LogP contribution in [0.5, 0.6) is 0 Å². The molecule has 0 aromatic rings. The van der Waals surface area contributed by atoms with E-state index in [4.69, 9.17) is 0 Å². The van der Waals surface area contributed by atoms with E-state index in [1.807, 2.05) is 0 Å². The van der Waals surface area contributed by atoms with Crippen LogP contribution in [0.25, 0.3) is 0 Å². The van der Waals surface area contributed by atoms with E-state index in [1.165, 1.54) is 0 Å². The molecule has 1 amide bonds. The molecule has 0 aliphatic heterocycles. The van der Waals surface area contributed by atoms with Crippen molar-refractivity contribution in [3.05, 3.63) is 0 Å². The molecule has 0 heterocycles. The Kier molecular flexibility index (Phi) is 7.88. The fourth-order valence-electron chi connectivity index (χ4n) is 1.55. The van der Waals surface area contributed by atoms with Gasteiger partial charge in [0.25, 0.3) is 0 Å². The number of carbonyl (C=O) groups excluding carboxylic acids is 1. The minimum absolute atomic E-state index is 0.00920. The van der Waals surface area contributed by atoms with E-state index in [0.717, 1.165) is 12.8 Å². The zero-order chi connectivity index (χ0) is 13.5. The minimum Gasteiger partial charge on any atom is -0.391 e. The minimum atomic E-state index is -0.423. The van der Waals surface area contributed by atoms with Gasteiger partial charge >= 0.3 is 0 Å². The van der Waals surface area contributed by atoms with Crippen LogP contribution in [0.1, 0.15) is 47.5 Å². The maximum Gasteiger partial charge on any atom is 0.230 e. The van der Waals surface area contributed by atoms with Crippen molar-refractivity contribution in [3.63, 3.8) is 0 Å². The maximum absolute atomic E-state index is 11.6. The number of thioether (sulfide) groups is 1. The number of amides is 1. The Balaban J connectivity index is 3.84. The summed E-state index contributed by atoms with van der Waals surface area (Å²) in [5.41, 5.74) is 0. The topological polar surface area (TPSA) is 49.3 Å². The molecule has 1 unspecified atom stereocenters. The van der Waals surface area contributed by atoms with Gasteiger partial charge in [-0.3, -0.25) is 4.79 Å². The predicted molar refractivity (Wildman–Crippen MR) is 75.3 cm³/mol. The first kappa shape index (κ1) is 16.8. The fraction of sp³-hybridized carbons (Fsp3) is 0.923. The van der Waals surface area contributed by atoms with E-state index >= 15 is 0 Å². The van der Waals surface area contributed by atoms with Crippen molar-refractivity contribution in [2.24, 2.45) is 5.92 Å². The summed E-state index contributed by atoms with van der Waals surface area (Å²) in [6.45, 7) is 10.8. The van der Waals surface area contributed by atoms with Crippen molar-refractivity contribution in [1.29, 1.82) is 0 Å². The largest absolute Gasteiger partial charge is 0.391 e. The average molecular weight is 261 g/mol. The standard InChI is InChI=1S/C13H27NO2S/c1-6-10(7-2)11(15)8-14-12(16)9-17-13(3,4)5/h10-11,15H,6-9H2,1-5H3,(H,14,16). The van der Waals surface area contributed by atoms with E-state index in [1.54, 1.807) is 11.8 Å². The number of hydrogen-bond donors (Lipinski definition) is 2. The van der Waals surface area contributed by atoms with Gasteiger partial charge in [0.1, 0.15) is 0 Å². The fourth-order valence-corrected chi connectivity index (χ4v) is 2.22. The Bertz CT molecular complexity index is 222. The average Bonchev–Trinajstić information content (AvgIpc) is 2.24. The first-order chi connectivity index (χ1) is 7.80. The smallest absolute Gasteiger partial charge is 0.230 e. The monoisotopic (exact) mass is 261 g/mol. The molecule has 102 valence electrons. The van der Waals surface area contributed by atoms with Crippen molar-refractivity contribution in [2.75, 3.05) is 12.3 Å². The Hall–Kier alpha value is -0.220. The van der Waals surface area contributed by atoms with Crippen molar-refractivity contribution in [1.82, 2.24) is 5.32 Å². The van der Waals surface area contributed by atoms with Gasteiger partial charge in [-0.15, -0.1) is 11.8 Å². The number of rotatable bonds is 7. The van der Waals surface area contributed by atoms with Crippen LogP contribution >= 0.6 is 11.8 Å². The molecule has 0 aliphatic rings. The van der Waals surface area contributed by atoms with Crippen molar-refractivity contribution < 1.29 is 9.90 Å². The van der Waals surface area contributed by atoms with E-state index in [9.17, 15) is 9.90 Å². The van der Waals surface area contributed by atoms with Gasteiger partial charge in [-0.05, 0) is 5.92 Å². The predicted octanol–water partition coefficient (Wildman–Crippen LogP) is 2.43. The van der Waals surface area contributed by atoms with Crippen LogP contribution < -0.4 is 5.32 Å². The molecule has 0 saturated carbocycles. The second-order valence-electron chi connectivity index (χ2n) is 5.35. The Morgan fingerprint density at radius 2 is 1.82 bits per heavy atom. The van der Waals surface area contributed by atoms with Crippen LogP contribution in [0.3, 0.4) is 0 Å². The lowest BCUT2D eigenvalue weighted by Gasteiger charge is -2.21. The molecule has 0 radical (unpaired) electrons. The highest BCUT2D eigenvalue weighted by Crippen LogP contribution is 2.22. The van der Waals surface area contributed by atoms with Gasteiger partial charge in [0.2, 0.25) is 5.91 Å². The van der Waals surface area contributed by atoms with Gasteiger partial charge in [-0.2, -0.15) is 0 Å². The van der Waals surface area contributed by atoms with Crippen LogP contribution in [-0.4, -0.2) is 34.2 Å². The summed E-state index contributed by atoms with van der Waals surface area (Å²) in [6, 6.07) is 0.